The summed E-state index contributed by atoms with van der Waals surface area (Å²) < 4.78 is 4.84. The maximum atomic E-state index is 12.1. The Bertz CT molecular complexity index is 716. The first-order valence-electron chi connectivity index (χ1n) is 6.50. The molecule has 0 bridgehead atoms. The van der Waals surface area contributed by atoms with E-state index in [9.17, 15) is 14.4 Å². The van der Waals surface area contributed by atoms with Gasteiger partial charge in [-0.2, -0.15) is 0 Å². The van der Waals surface area contributed by atoms with Crippen LogP contribution in [0.15, 0.2) is 54.6 Å². The van der Waals surface area contributed by atoms with Crippen molar-refractivity contribution >= 4 is 29.3 Å². The van der Waals surface area contributed by atoms with Gasteiger partial charge in [0.2, 0.25) is 0 Å². The number of nitrogens with one attached hydrogen (secondary N) is 1. The first-order valence-corrected chi connectivity index (χ1v) is 6.50. The third kappa shape index (κ3) is 3.83. The highest BCUT2D eigenvalue weighted by molar-refractivity contribution is 6.41. The Morgan fingerprint density at radius 3 is 2.00 bits per heavy atom. The number of carbonyl (C=O) groups is 3. The number of hydrogen-bond donors (Lipinski definition) is 3. The van der Waals surface area contributed by atoms with Crippen LogP contribution in [0.25, 0.3) is 0 Å². The number of carbonyl (C=O) groups excluding carboxylic acids is 3. The second-order valence-electron chi connectivity index (χ2n) is 4.37. The number of amides is 3. The minimum absolute atomic E-state index is 0.219. The summed E-state index contributed by atoms with van der Waals surface area (Å²) in [6, 6.07) is 14.5. The van der Waals surface area contributed by atoms with Crippen LogP contribution in [0, 0.1) is 0 Å². The molecule has 23 heavy (non-hydrogen) atoms. The van der Waals surface area contributed by atoms with Gasteiger partial charge in [0.1, 0.15) is 5.75 Å². The lowest BCUT2D eigenvalue weighted by Gasteiger charge is -2.21. The molecular formula is C15H14N4O4. The highest BCUT2D eigenvalue weighted by atomic mass is 16.6. The van der Waals surface area contributed by atoms with Crippen molar-refractivity contribution in [2.45, 2.75) is 0 Å². The molecule has 2 aromatic rings. The summed E-state index contributed by atoms with van der Waals surface area (Å²) in [6.07, 6.45) is -0.828. The first-order chi connectivity index (χ1) is 11.0. The fourth-order valence-corrected chi connectivity index (χ4v) is 1.87. The average molecular weight is 314 g/mol. The van der Waals surface area contributed by atoms with E-state index in [0.717, 1.165) is 4.90 Å². The van der Waals surface area contributed by atoms with E-state index in [4.69, 9.17) is 16.3 Å². The van der Waals surface area contributed by atoms with Gasteiger partial charge >= 0.3 is 17.9 Å². The van der Waals surface area contributed by atoms with Crippen LogP contribution in [0.4, 0.5) is 16.2 Å². The smallest absolute Gasteiger partial charge is 0.409 e. The molecular weight excluding hydrogens is 300 g/mol. The molecule has 2 aromatic carbocycles. The number of para-hydroxylation sites is 1. The van der Waals surface area contributed by atoms with E-state index >= 15 is 0 Å². The Morgan fingerprint density at radius 1 is 0.913 bits per heavy atom. The molecule has 2 rings (SSSR count). The fourth-order valence-electron chi connectivity index (χ4n) is 1.87. The van der Waals surface area contributed by atoms with Crippen molar-refractivity contribution in [1.29, 1.82) is 0 Å². The zero-order chi connectivity index (χ0) is 16.8. The number of nitrogens with zero attached hydrogens (tertiary/aromatic N) is 1. The average Bonchev–Trinajstić information content (AvgIpc) is 2.57. The summed E-state index contributed by atoms with van der Waals surface area (Å²) >= 11 is 0. The SMILES string of the molecule is NNC(=O)Oc1ccc(N(C(=O)C(N)=O)c2ccccc2)cc1. The second kappa shape index (κ2) is 7.05. The number of primary amides is 1. The van der Waals surface area contributed by atoms with E-state index in [1.54, 1.807) is 30.3 Å². The van der Waals surface area contributed by atoms with E-state index in [1.165, 1.54) is 24.3 Å². The molecule has 0 spiro atoms. The number of ether oxygens (including phenoxy) is 1. The lowest BCUT2D eigenvalue weighted by Crippen LogP contribution is -2.37. The van der Waals surface area contributed by atoms with Crippen LogP contribution >= 0.6 is 0 Å². The number of hydrogen-bond acceptors (Lipinski definition) is 5. The second-order valence-corrected chi connectivity index (χ2v) is 4.37. The van der Waals surface area contributed by atoms with Crippen LogP contribution < -0.4 is 26.6 Å². The van der Waals surface area contributed by atoms with Crippen LogP contribution in [0.5, 0.6) is 5.75 Å². The molecule has 0 aliphatic carbocycles. The van der Waals surface area contributed by atoms with E-state index in [0.29, 0.717) is 11.4 Å². The molecule has 0 atom stereocenters. The molecule has 0 saturated carbocycles. The van der Waals surface area contributed by atoms with Crippen LogP contribution in [0.1, 0.15) is 0 Å². The summed E-state index contributed by atoms with van der Waals surface area (Å²) in [5.74, 6) is 3.17. The number of benzene rings is 2. The quantitative estimate of drug-likeness (QED) is 0.334. The summed E-state index contributed by atoms with van der Waals surface area (Å²) in [7, 11) is 0. The number of nitrogens with two attached hydrogens (primary N) is 2. The molecule has 0 aliphatic heterocycles. The van der Waals surface area contributed by atoms with Gasteiger partial charge < -0.3 is 10.5 Å². The van der Waals surface area contributed by atoms with Crippen LogP contribution in [0.2, 0.25) is 0 Å². The van der Waals surface area contributed by atoms with Crippen LogP contribution in [0.3, 0.4) is 0 Å². The Morgan fingerprint density at radius 2 is 1.48 bits per heavy atom. The molecule has 8 nitrogen and oxygen atoms in total. The maximum Gasteiger partial charge on any atom is 0.426 e. The predicted molar refractivity (Wildman–Crippen MR) is 82.6 cm³/mol. The highest BCUT2D eigenvalue weighted by Crippen LogP contribution is 2.27. The summed E-state index contributed by atoms with van der Waals surface area (Å²) in [5.41, 5.74) is 7.79. The third-order valence-corrected chi connectivity index (χ3v) is 2.85. The number of anilines is 2. The molecule has 0 fully saturated rings. The van der Waals surface area contributed by atoms with Gasteiger partial charge in [0.15, 0.2) is 0 Å². The lowest BCUT2D eigenvalue weighted by molar-refractivity contribution is -0.135. The van der Waals surface area contributed by atoms with Gasteiger partial charge in [-0.3, -0.25) is 19.9 Å². The number of rotatable bonds is 3. The molecule has 0 heterocycles. The number of hydrazine groups is 1. The Kier molecular flexibility index (Phi) is 4.90. The summed E-state index contributed by atoms with van der Waals surface area (Å²) in [5, 5.41) is 0. The van der Waals surface area contributed by atoms with E-state index in [1.807, 2.05) is 5.43 Å². The van der Waals surface area contributed by atoms with Gasteiger partial charge in [0.25, 0.3) is 0 Å². The Balaban J connectivity index is 2.35. The van der Waals surface area contributed by atoms with E-state index in [-0.39, 0.29) is 5.75 Å². The molecule has 118 valence electrons. The van der Waals surface area contributed by atoms with Crippen molar-refractivity contribution in [3.8, 4) is 5.75 Å². The fraction of sp³-hybridized carbons (Fsp3) is 0. The lowest BCUT2D eigenvalue weighted by atomic mass is 10.2. The van der Waals surface area contributed by atoms with Crippen molar-refractivity contribution < 1.29 is 19.1 Å². The molecule has 5 N–H and O–H groups in total. The van der Waals surface area contributed by atoms with Crippen LogP contribution in [-0.4, -0.2) is 17.9 Å². The van der Waals surface area contributed by atoms with Crippen molar-refractivity contribution in [1.82, 2.24) is 5.43 Å². The molecule has 0 aliphatic rings. The summed E-state index contributed by atoms with van der Waals surface area (Å²) in [4.78, 5) is 35.6. The van der Waals surface area contributed by atoms with Gasteiger partial charge in [0, 0.05) is 11.4 Å². The summed E-state index contributed by atoms with van der Waals surface area (Å²) in [6.45, 7) is 0. The minimum atomic E-state index is -1.09. The standard InChI is InChI=1S/C15H14N4O4/c16-13(20)14(21)19(10-4-2-1-3-5-10)11-6-8-12(9-7-11)23-15(22)18-17/h1-9H,17H2,(H2,16,20)(H,18,22). The predicted octanol–water partition coefficient (Wildman–Crippen LogP) is 0.799. The van der Waals surface area contributed by atoms with Gasteiger partial charge in [0.05, 0.1) is 0 Å². The van der Waals surface area contributed by atoms with Gasteiger partial charge in [-0.1, -0.05) is 18.2 Å². The molecule has 3 amide bonds. The van der Waals surface area contributed by atoms with Gasteiger partial charge in [-0.15, -0.1) is 0 Å². The monoisotopic (exact) mass is 314 g/mol. The molecule has 8 heteroatoms. The van der Waals surface area contributed by atoms with Crippen LogP contribution in [-0.2, 0) is 9.59 Å². The largest absolute Gasteiger partial charge is 0.426 e. The van der Waals surface area contributed by atoms with Gasteiger partial charge in [-0.05, 0) is 36.4 Å². The topological polar surface area (TPSA) is 128 Å². The first kappa shape index (κ1) is 16.0. The maximum absolute atomic E-state index is 12.1. The van der Waals surface area contributed by atoms with Crippen molar-refractivity contribution in [2.75, 3.05) is 4.90 Å². The molecule has 0 radical (unpaired) electrons. The van der Waals surface area contributed by atoms with E-state index in [2.05, 4.69) is 0 Å². The van der Waals surface area contributed by atoms with E-state index < -0.39 is 17.9 Å². The zero-order valence-corrected chi connectivity index (χ0v) is 11.9. The van der Waals surface area contributed by atoms with Crippen molar-refractivity contribution in [3.05, 3.63) is 54.6 Å². The van der Waals surface area contributed by atoms with Crippen molar-refractivity contribution in [3.63, 3.8) is 0 Å². The highest BCUT2D eigenvalue weighted by Gasteiger charge is 2.22. The third-order valence-electron chi connectivity index (χ3n) is 2.85. The Hall–Kier alpha value is -3.39. The zero-order valence-electron chi connectivity index (χ0n) is 11.9. The van der Waals surface area contributed by atoms with Crippen molar-refractivity contribution in [2.24, 2.45) is 11.6 Å². The molecule has 0 unspecified atom stereocenters. The molecule has 0 saturated heterocycles. The molecule has 0 aromatic heterocycles. The Labute approximate surface area is 131 Å². The van der Waals surface area contributed by atoms with Gasteiger partial charge in [-0.25, -0.2) is 10.6 Å². The normalized spacial score (nSPS) is 9.78. The minimum Gasteiger partial charge on any atom is -0.409 e.